The zero-order valence-corrected chi connectivity index (χ0v) is 16.3. The lowest BCUT2D eigenvalue weighted by Crippen LogP contribution is -2.42. The summed E-state index contributed by atoms with van der Waals surface area (Å²) in [7, 11) is 1.86. The molecule has 1 spiro atoms. The van der Waals surface area contributed by atoms with Gasteiger partial charge in [-0.05, 0) is 55.7 Å². The van der Waals surface area contributed by atoms with Gasteiger partial charge in [0.2, 0.25) is 0 Å². The Morgan fingerprint density at radius 2 is 2.00 bits per heavy atom. The summed E-state index contributed by atoms with van der Waals surface area (Å²) in [4.78, 5) is 19.0. The van der Waals surface area contributed by atoms with E-state index in [2.05, 4.69) is 27.4 Å². The number of hydrogen-bond donors (Lipinski definition) is 2. The van der Waals surface area contributed by atoms with E-state index in [1.54, 1.807) is 0 Å². The molecule has 1 aliphatic heterocycles. The molecule has 3 rings (SSSR count). The highest BCUT2D eigenvalue weighted by Gasteiger charge is 2.43. The monoisotopic (exact) mass is 356 g/mol. The van der Waals surface area contributed by atoms with Crippen LogP contribution in [-0.4, -0.2) is 42.9 Å². The third-order valence-electron chi connectivity index (χ3n) is 6.02. The summed E-state index contributed by atoms with van der Waals surface area (Å²) in [6, 6.07) is 8.03. The van der Waals surface area contributed by atoms with Crippen LogP contribution < -0.4 is 10.6 Å². The van der Waals surface area contributed by atoms with E-state index in [-0.39, 0.29) is 11.9 Å². The molecule has 2 N–H and O–H groups in total. The van der Waals surface area contributed by atoms with E-state index >= 15 is 0 Å². The number of aliphatic imine (C=N–C) groups is 1. The molecule has 1 aromatic rings. The van der Waals surface area contributed by atoms with Gasteiger partial charge in [-0.15, -0.1) is 0 Å². The van der Waals surface area contributed by atoms with E-state index < -0.39 is 0 Å². The van der Waals surface area contributed by atoms with Gasteiger partial charge in [0, 0.05) is 38.3 Å². The molecule has 5 heteroatoms. The number of benzene rings is 1. The van der Waals surface area contributed by atoms with E-state index in [1.807, 2.05) is 38.2 Å². The molecule has 0 radical (unpaired) electrons. The number of amides is 1. The lowest BCUT2D eigenvalue weighted by molar-refractivity contribution is 0.0939. The Morgan fingerprint density at radius 1 is 1.27 bits per heavy atom. The molecule has 1 unspecified atom stereocenters. The first-order chi connectivity index (χ1) is 12.5. The van der Waals surface area contributed by atoms with Crippen molar-refractivity contribution in [2.75, 3.05) is 20.1 Å². The molecule has 1 aliphatic carbocycles. The third kappa shape index (κ3) is 4.19. The first-order valence-corrected chi connectivity index (χ1v) is 9.91. The summed E-state index contributed by atoms with van der Waals surface area (Å²) in [5.41, 5.74) is 2.44. The van der Waals surface area contributed by atoms with E-state index in [4.69, 9.17) is 0 Å². The SMILES string of the molecule is CCC(C)NC(=O)c1ccc(CNC(=NC)N2CCC3(CCC3)C2)cc1. The molecular weight excluding hydrogens is 324 g/mol. The highest BCUT2D eigenvalue weighted by atomic mass is 16.1. The van der Waals surface area contributed by atoms with Gasteiger partial charge >= 0.3 is 0 Å². The van der Waals surface area contributed by atoms with Gasteiger partial charge < -0.3 is 15.5 Å². The van der Waals surface area contributed by atoms with E-state index in [0.29, 0.717) is 11.0 Å². The molecule has 142 valence electrons. The molecule has 26 heavy (non-hydrogen) atoms. The molecule has 1 atom stereocenters. The molecule has 5 nitrogen and oxygen atoms in total. The van der Waals surface area contributed by atoms with E-state index in [9.17, 15) is 4.79 Å². The van der Waals surface area contributed by atoms with E-state index in [1.165, 1.54) is 25.7 Å². The fraction of sp³-hybridized carbons (Fsp3) is 0.619. The van der Waals surface area contributed by atoms with Gasteiger partial charge in [0.25, 0.3) is 5.91 Å². The lowest BCUT2D eigenvalue weighted by Gasteiger charge is -2.38. The highest BCUT2D eigenvalue weighted by Crippen LogP contribution is 2.47. The van der Waals surface area contributed by atoms with Gasteiger partial charge in [-0.1, -0.05) is 25.5 Å². The average molecular weight is 357 g/mol. The number of nitrogens with zero attached hydrogens (tertiary/aromatic N) is 2. The predicted molar refractivity (Wildman–Crippen MR) is 106 cm³/mol. The van der Waals surface area contributed by atoms with Crippen molar-refractivity contribution in [1.82, 2.24) is 15.5 Å². The Balaban J connectivity index is 1.51. The molecule has 1 heterocycles. The number of rotatable bonds is 5. The summed E-state index contributed by atoms with van der Waals surface area (Å²) in [5.74, 6) is 0.991. The fourth-order valence-corrected chi connectivity index (χ4v) is 3.90. The molecule has 2 fully saturated rings. The topological polar surface area (TPSA) is 56.7 Å². The van der Waals surface area contributed by atoms with Crippen molar-refractivity contribution < 1.29 is 4.79 Å². The van der Waals surface area contributed by atoms with Gasteiger partial charge in [0.1, 0.15) is 0 Å². The van der Waals surface area contributed by atoms with Crippen molar-refractivity contribution in [3.63, 3.8) is 0 Å². The van der Waals surface area contributed by atoms with Crippen LogP contribution in [0.3, 0.4) is 0 Å². The Kier molecular flexibility index (Phi) is 5.84. The second-order valence-corrected chi connectivity index (χ2v) is 7.91. The zero-order chi connectivity index (χ0) is 18.6. The molecular formula is C21H32N4O. The van der Waals surface area contributed by atoms with Crippen LogP contribution in [0.5, 0.6) is 0 Å². The maximum Gasteiger partial charge on any atom is 0.251 e. The van der Waals surface area contributed by atoms with Gasteiger partial charge in [-0.25, -0.2) is 0 Å². The molecule has 1 amide bonds. The Morgan fingerprint density at radius 3 is 2.54 bits per heavy atom. The molecule has 0 bridgehead atoms. The Bertz CT molecular complexity index is 648. The average Bonchev–Trinajstić information content (AvgIpc) is 3.08. The van der Waals surface area contributed by atoms with Crippen LogP contribution in [-0.2, 0) is 6.54 Å². The molecule has 1 saturated carbocycles. The molecule has 1 aromatic carbocycles. The van der Waals surface area contributed by atoms with Gasteiger partial charge in [0.15, 0.2) is 5.96 Å². The van der Waals surface area contributed by atoms with Crippen LogP contribution in [0.25, 0.3) is 0 Å². The molecule has 2 aliphatic rings. The number of likely N-dealkylation sites (tertiary alicyclic amines) is 1. The second kappa shape index (κ2) is 8.11. The van der Waals surface area contributed by atoms with Crippen molar-refractivity contribution >= 4 is 11.9 Å². The fourth-order valence-electron chi connectivity index (χ4n) is 3.90. The maximum absolute atomic E-state index is 12.2. The van der Waals surface area contributed by atoms with Gasteiger partial charge in [0.05, 0.1) is 0 Å². The van der Waals surface area contributed by atoms with Crippen molar-refractivity contribution in [1.29, 1.82) is 0 Å². The highest BCUT2D eigenvalue weighted by molar-refractivity contribution is 5.94. The van der Waals surface area contributed by atoms with Crippen molar-refractivity contribution in [2.45, 2.75) is 58.5 Å². The predicted octanol–water partition coefficient (Wildman–Crippen LogP) is 3.17. The smallest absolute Gasteiger partial charge is 0.251 e. The number of hydrogen-bond acceptors (Lipinski definition) is 2. The third-order valence-corrected chi connectivity index (χ3v) is 6.02. The Hall–Kier alpha value is -2.04. The van der Waals surface area contributed by atoms with Crippen molar-refractivity contribution in [3.05, 3.63) is 35.4 Å². The minimum Gasteiger partial charge on any atom is -0.352 e. The van der Waals surface area contributed by atoms with Gasteiger partial charge in [-0.3, -0.25) is 9.79 Å². The summed E-state index contributed by atoms with van der Waals surface area (Å²) >= 11 is 0. The lowest BCUT2D eigenvalue weighted by atomic mass is 9.68. The minimum atomic E-state index is -0.00229. The summed E-state index contributed by atoms with van der Waals surface area (Å²) in [6.45, 7) is 7.06. The second-order valence-electron chi connectivity index (χ2n) is 7.91. The van der Waals surface area contributed by atoms with Crippen molar-refractivity contribution in [3.8, 4) is 0 Å². The number of carbonyl (C=O) groups is 1. The van der Waals surface area contributed by atoms with Crippen LogP contribution in [0.15, 0.2) is 29.3 Å². The molecule has 0 aromatic heterocycles. The van der Waals surface area contributed by atoms with Gasteiger partial charge in [-0.2, -0.15) is 0 Å². The quantitative estimate of drug-likeness (QED) is 0.629. The molecule has 1 saturated heterocycles. The van der Waals surface area contributed by atoms with Crippen LogP contribution in [0.2, 0.25) is 0 Å². The normalized spacial score (nSPS) is 20.0. The summed E-state index contributed by atoms with van der Waals surface area (Å²) < 4.78 is 0. The van der Waals surface area contributed by atoms with Crippen LogP contribution in [0, 0.1) is 5.41 Å². The first-order valence-electron chi connectivity index (χ1n) is 9.91. The maximum atomic E-state index is 12.2. The van der Waals surface area contributed by atoms with E-state index in [0.717, 1.165) is 37.6 Å². The number of guanidine groups is 1. The summed E-state index contributed by atoms with van der Waals surface area (Å²) in [5, 5.41) is 6.48. The van der Waals surface area contributed by atoms with Crippen LogP contribution in [0.1, 0.15) is 61.9 Å². The first kappa shape index (κ1) is 18.7. The zero-order valence-electron chi connectivity index (χ0n) is 16.3. The number of carbonyl (C=O) groups excluding carboxylic acids is 1. The largest absolute Gasteiger partial charge is 0.352 e. The van der Waals surface area contributed by atoms with Crippen LogP contribution in [0.4, 0.5) is 0 Å². The van der Waals surface area contributed by atoms with Crippen molar-refractivity contribution in [2.24, 2.45) is 10.4 Å². The standard InChI is InChI=1S/C21H32N4O/c1-4-16(2)24-19(26)18-8-6-17(7-9-18)14-23-20(22-3)25-13-12-21(15-25)10-5-11-21/h6-9,16H,4-5,10-15H2,1-3H3,(H,22,23)(H,24,26). The number of nitrogens with one attached hydrogen (secondary N) is 2. The Labute approximate surface area is 157 Å². The van der Waals surface area contributed by atoms with Crippen LogP contribution >= 0.6 is 0 Å². The summed E-state index contributed by atoms with van der Waals surface area (Å²) in [6.07, 6.45) is 6.37. The minimum absolute atomic E-state index is 0.00229.